The summed E-state index contributed by atoms with van der Waals surface area (Å²) in [6.07, 6.45) is 4.51. The van der Waals surface area contributed by atoms with E-state index < -0.39 is 6.10 Å². The van der Waals surface area contributed by atoms with Crippen LogP contribution in [0.3, 0.4) is 0 Å². The van der Waals surface area contributed by atoms with Gasteiger partial charge in [0.1, 0.15) is 11.6 Å². The summed E-state index contributed by atoms with van der Waals surface area (Å²) in [5, 5.41) is 21.3. The summed E-state index contributed by atoms with van der Waals surface area (Å²) in [4.78, 5) is 25.3. The van der Waals surface area contributed by atoms with E-state index in [-0.39, 0.29) is 58.1 Å². The fourth-order valence-electron chi connectivity index (χ4n) is 7.69. The summed E-state index contributed by atoms with van der Waals surface area (Å²) in [6.45, 7) is 6.05. The van der Waals surface area contributed by atoms with E-state index in [1.165, 1.54) is 0 Å². The molecule has 0 aromatic carbocycles. The van der Waals surface area contributed by atoms with E-state index in [1.807, 2.05) is 0 Å². The van der Waals surface area contributed by atoms with Crippen molar-refractivity contribution in [1.82, 2.24) is 0 Å². The minimum absolute atomic E-state index is 0.00460. The third kappa shape index (κ3) is 2.32. The number of fused-ring (bicyclic) bond motifs is 5. The second kappa shape index (κ2) is 5.63. The number of aliphatic hydroxyl groups is 2. The maximum absolute atomic E-state index is 13.2. The average molecular weight is 348 g/mol. The summed E-state index contributed by atoms with van der Waals surface area (Å²) >= 11 is 0. The highest BCUT2D eigenvalue weighted by Gasteiger charge is 2.65. The topological polar surface area (TPSA) is 74.6 Å². The lowest BCUT2D eigenvalue weighted by molar-refractivity contribution is -0.185. The van der Waals surface area contributed by atoms with Crippen molar-refractivity contribution in [2.75, 3.05) is 0 Å². The molecule has 0 aliphatic heterocycles. The number of aliphatic hydroxyl groups excluding tert-OH is 2. The molecule has 4 nitrogen and oxygen atoms in total. The normalized spacial score (nSPS) is 55.2. The van der Waals surface area contributed by atoms with Gasteiger partial charge in [-0.3, -0.25) is 9.59 Å². The summed E-state index contributed by atoms with van der Waals surface area (Å²) in [5.41, 5.74) is -0.299. The zero-order valence-electron chi connectivity index (χ0n) is 15.7. The Morgan fingerprint density at radius 2 is 1.84 bits per heavy atom. The van der Waals surface area contributed by atoms with Gasteiger partial charge in [-0.15, -0.1) is 0 Å². The molecule has 0 bridgehead atoms. The van der Waals surface area contributed by atoms with Gasteiger partial charge in [-0.05, 0) is 68.1 Å². The van der Waals surface area contributed by atoms with Crippen LogP contribution in [0.1, 0.15) is 65.7 Å². The molecule has 0 heterocycles. The van der Waals surface area contributed by atoms with Crippen LogP contribution in [0.15, 0.2) is 0 Å². The molecule has 4 aliphatic rings. The second-order valence-electron chi connectivity index (χ2n) is 9.98. The standard InChI is InChI=1S/C21H32O4/c1-11(22)14-4-5-15-18-16(24)9-12-8-13(23)6-7-20(12,2)19(18)17(25)10-21(14,15)3/h12-15,17-19,23,25H,4-10H2,1-3H3/t12-,13-,14+,15-,17-,18-,19-,20+,21-/m1/s1. The van der Waals surface area contributed by atoms with E-state index >= 15 is 0 Å². The van der Waals surface area contributed by atoms with Crippen LogP contribution in [0.2, 0.25) is 0 Å². The average Bonchev–Trinajstić information content (AvgIpc) is 2.85. The zero-order valence-corrected chi connectivity index (χ0v) is 15.7. The van der Waals surface area contributed by atoms with Crippen molar-refractivity contribution in [2.45, 2.75) is 77.9 Å². The molecule has 25 heavy (non-hydrogen) atoms. The third-order valence-corrected chi connectivity index (χ3v) is 8.87. The van der Waals surface area contributed by atoms with Gasteiger partial charge in [-0.2, -0.15) is 0 Å². The van der Waals surface area contributed by atoms with Gasteiger partial charge in [0.25, 0.3) is 0 Å². The van der Waals surface area contributed by atoms with E-state index in [9.17, 15) is 19.8 Å². The Morgan fingerprint density at radius 1 is 1.12 bits per heavy atom. The number of rotatable bonds is 1. The first-order chi connectivity index (χ1) is 11.7. The third-order valence-electron chi connectivity index (χ3n) is 8.87. The zero-order chi connectivity index (χ0) is 18.1. The molecule has 4 heteroatoms. The quantitative estimate of drug-likeness (QED) is 0.764. The van der Waals surface area contributed by atoms with E-state index in [2.05, 4.69) is 13.8 Å². The molecule has 2 N–H and O–H groups in total. The Kier molecular flexibility index (Phi) is 3.98. The van der Waals surface area contributed by atoms with Gasteiger partial charge in [0.15, 0.2) is 0 Å². The maximum Gasteiger partial charge on any atom is 0.136 e. The lowest BCUT2D eigenvalue weighted by Crippen LogP contribution is -2.62. The van der Waals surface area contributed by atoms with Crippen LogP contribution in [-0.4, -0.2) is 34.0 Å². The van der Waals surface area contributed by atoms with Crippen LogP contribution < -0.4 is 0 Å². The van der Waals surface area contributed by atoms with Crippen molar-refractivity contribution in [3.8, 4) is 0 Å². The number of Topliss-reactive ketones (excluding diaryl/α,β-unsaturated/α-hetero) is 2. The molecule has 4 fully saturated rings. The van der Waals surface area contributed by atoms with Gasteiger partial charge in [0, 0.05) is 24.2 Å². The molecule has 4 saturated carbocycles. The minimum atomic E-state index is -0.516. The predicted octanol–water partition coefficient (Wildman–Crippen LogP) is 2.75. The van der Waals surface area contributed by atoms with Gasteiger partial charge in [-0.25, -0.2) is 0 Å². The van der Waals surface area contributed by atoms with E-state index in [0.29, 0.717) is 19.3 Å². The molecule has 0 radical (unpaired) electrons. The summed E-state index contributed by atoms with van der Waals surface area (Å²) in [5.74, 6) is 0.787. The number of hydrogen-bond donors (Lipinski definition) is 2. The van der Waals surface area contributed by atoms with Crippen LogP contribution in [0, 0.1) is 40.4 Å². The summed E-state index contributed by atoms with van der Waals surface area (Å²) < 4.78 is 0. The smallest absolute Gasteiger partial charge is 0.136 e. The Hall–Kier alpha value is -0.740. The number of ketones is 2. The van der Waals surface area contributed by atoms with Crippen molar-refractivity contribution < 1.29 is 19.8 Å². The van der Waals surface area contributed by atoms with Crippen molar-refractivity contribution >= 4 is 11.6 Å². The van der Waals surface area contributed by atoms with Gasteiger partial charge in [0.2, 0.25) is 0 Å². The fourth-order valence-corrected chi connectivity index (χ4v) is 7.69. The molecule has 0 saturated heterocycles. The lowest BCUT2D eigenvalue weighted by atomic mass is 9.43. The molecule has 4 rings (SSSR count). The Labute approximate surface area is 150 Å². The highest BCUT2D eigenvalue weighted by molar-refractivity contribution is 5.84. The predicted molar refractivity (Wildman–Crippen MR) is 93.7 cm³/mol. The lowest BCUT2D eigenvalue weighted by Gasteiger charge is -2.61. The van der Waals surface area contributed by atoms with Crippen molar-refractivity contribution in [1.29, 1.82) is 0 Å². The molecular weight excluding hydrogens is 316 g/mol. The van der Waals surface area contributed by atoms with Crippen LogP contribution >= 0.6 is 0 Å². The number of hydrogen-bond acceptors (Lipinski definition) is 4. The molecule has 0 aromatic rings. The molecular formula is C21H32O4. The Bertz CT molecular complexity index is 601. The van der Waals surface area contributed by atoms with Gasteiger partial charge < -0.3 is 10.2 Å². The largest absolute Gasteiger partial charge is 0.393 e. The summed E-state index contributed by atoms with van der Waals surface area (Å²) in [7, 11) is 0. The Morgan fingerprint density at radius 3 is 2.52 bits per heavy atom. The first-order valence-corrected chi connectivity index (χ1v) is 10.1. The highest BCUT2D eigenvalue weighted by atomic mass is 16.3. The molecule has 4 aliphatic carbocycles. The van der Waals surface area contributed by atoms with Crippen LogP contribution in [0.4, 0.5) is 0 Å². The SMILES string of the molecule is CC(=O)[C@@H]1CC[C@@H]2[C@@H]3C(=O)C[C@H]4C[C@H](O)CC[C@]4(C)[C@@H]3[C@H](O)C[C@@]21C. The van der Waals surface area contributed by atoms with Gasteiger partial charge in [-0.1, -0.05) is 13.8 Å². The van der Waals surface area contributed by atoms with Gasteiger partial charge in [0.05, 0.1) is 12.2 Å². The number of carbonyl (C=O) groups is 2. The van der Waals surface area contributed by atoms with Crippen molar-refractivity contribution in [2.24, 2.45) is 40.4 Å². The first kappa shape index (κ1) is 17.7. The maximum atomic E-state index is 13.2. The number of carbonyl (C=O) groups excluding carboxylic acids is 2. The van der Waals surface area contributed by atoms with Crippen molar-refractivity contribution in [3.05, 3.63) is 0 Å². The second-order valence-corrected chi connectivity index (χ2v) is 9.98. The molecule has 0 aromatic heterocycles. The highest BCUT2D eigenvalue weighted by Crippen LogP contribution is 2.66. The van der Waals surface area contributed by atoms with Crippen LogP contribution in [0.25, 0.3) is 0 Å². The Balaban J connectivity index is 1.73. The molecule has 9 atom stereocenters. The first-order valence-electron chi connectivity index (χ1n) is 10.1. The van der Waals surface area contributed by atoms with Crippen LogP contribution in [0.5, 0.6) is 0 Å². The molecule has 0 amide bonds. The molecule has 140 valence electrons. The monoisotopic (exact) mass is 348 g/mol. The van der Waals surface area contributed by atoms with Gasteiger partial charge >= 0.3 is 0 Å². The fraction of sp³-hybridized carbons (Fsp3) is 0.905. The minimum Gasteiger partial charge on any atom is -0.393 e. The molecule has 0 unspecified atom stereocenters. The van der Waals surface area contributed by atoms with E-state index in [4.69, 9.17) is 0 Å². The van der Waals surface area contributed by atoms with E-state index in [1.54, 1.807) is 6.92 Å². The van der Waals surface area contributed by atoms with Crippen molar-refractivity contribution in [3.63, 3.8) is 0 Å². The summed E-state index contributed by atoms with van der Waals surface area (Å²) in [6, 6.07) is 0. The molecule has 0 spiro atoms. The van der Waals surface area contributed by atoms with Crippen LogP contribution in [-0.2, 0) is 9.59 Å². The van der Waals surface area contributed by atoms with E-state index in [0.717, 1.165) is 25.7 Å².